The van der Waals surface area contributed by atoms with Gasteiger partial charge in [0.25, 0.3) is 0 Å². The normalized spacial score (nSPS) is 10.6. The van der Waals surface area contributed by atoms with Gasteiger partial charge in [-0.25, -0.2) is 9.37 Å². The predicted octanol–water partition coefficient (Wildman–Crippen LogP) is 4.40. The van der Waals surface area contributed by atoms with E-state index in [2.05, 4.69) is 4.98 Å². The number of halogens is 3. The third-order valence-corrected chi connectivity index (χ3v) is 3.84. The van der Waals surface area contributed by atoms with Crippen LogP contribution in [0.3, 0.4) is 0 Å². The van der Waals surface area contributed by atoms with Gasteiger partial charge in [0.05, 0.1) is 5.69 Å². The fourth-order valence-electron chi connectivity index (χ4n) is 1.31. The molecule has 0 amide bonds. The van der Waals surface area contributed by atoms with Crippen LogP contribution in [0.2, 0.25) is 10.3 Å². The number of rotatable bonds is 3. The molecule has 0 aliphatic rings. The molecule has 0 aliphatic heterocycles. The molecule has 2 nitrogen and oxygen atoms in total. The van der Waals surface area contributed by atoms with Crippen LogP contribution in [-0.2, 0) is 5.75 Å². The number of benzene rings is 1. The number of anilines is 1. The number of thioether (sulfide) groups is 1. The first kappa shape index (κ1) is 13.5. The molecule has 0 saturated heterocycles. The highest BCUT2D eigenvalue weighted by Crippen LogP contribution is 2.28. The number of nitrogens with zero attached hydrogens (tertiary/aromatic N) is 1. The molecule has 18 heavy (non-hydrogen) atoms. The van der Waals surface area contributed by atoms with Gasteiger partial charge in [0, 0.05) is 10.6 Å². The summed E-state index contributed by atoms with van der Waals surface area (Å²) in [6.45, 7) is 0. The van der Waals surface area contributed by atoms with Crippen molar-refractivity contribution in [1.82, 2.24) is 4.98 Å². The van der Waals surface area contributed by atoms with Crippen molar-refractivity contribution in [3.8, 4) is 0 Å². The van der Waals surface area contributed by atoms with Gasteiger partial charge in [-0.1, -0.05) is 29.3 Å². The maximum absolute atomic E-state index is 13.2. The van der Waals surface area contributed by atoms with Crippen molar-refractivity contribution in [3.05, 3.63) is 52.0 Å². The molecule has 1 aromatic heterocycles. The predicted molar refractivity (Wildman–Crippen MR) is 74.6 cm³/mol. The molecule has 2 rings (SSSR count). The minimum atomic E-state index is -0.416. The SMILES string of the molecule is Nc1ccc(SCc2ccc(Cl)nc2Cl)cc1F. The van der Waals surface area contributed by atoms with E-state index < -0.39 is 5.82 Å². The number of hydrogen-bond donors (Lipinski definition) is 1. The first-order chi connectivity index (χ1) is 8.56. The molecule has 0 fully saturated rings. The van der Waals surface area contributed by atoms with Crippen molar-refractivity contribution < 1.29 is 4.39 Å². The first-order valence-corrected chi connectivity index (χ1v) is 6.79. The zero-order chi connectivity index (χ0) is 13.1. The van der Waals surface area contributed by atoms with Crippen LogP contribution >= 0.6 is 35.0 Å². The van der Waals surface area contributed by atoms with Crippen molar-refractivity contribution in [1.29, 1.82) is 0 Å². The molecule has 0 unspecified atom stereocenters. The summed E-state index contributed by atoms with van der Waals surface area (Å²) in [6.07, 6.45) is 0. The topological polar surface area (TPSA) is 38.9 Å². The number of nitrogen functional groups attached to an aromatic ring is 1. The summed E-state index contributed by atoms with van der Waals surface area (Å²) in [4.78, 5) is 4.73. The second-order valence-electron chi connectivity index (χ2n) is 3.56. The molecule has 1 aromatic carbocycles. The van der Waals surface area contributed by atoms with Crippen molar-refractivity contribution in [2.24, 2.45) is 0 Å². The van der Waals surface area contributed by atoms with Crippen LogP contribution in [0.5, 0.6) is 0 Å². The average molecular weight is 303 g/mol. The number of pyridine rings is 1. The maximum atomic E-state index is 13.2. The molecule has 0 bridgehead atoms. The van der Waals surface area contributed by atoms with E-state index in [9.17, 15) is 4.39 Å². The fourth-order valence-corrected chi connectivity index (χ4v) is 2.70. The van der Waals surface area contributed by atoms with E-state index in [1.54, 1.807) is 24.3 Å². The van der Waals surface area contributed by atoms with Gasteiger partial charge in [-0.15, -0.1) is 11.8 Å². The van der Waals surface area contributed by atoms with E-state index >= 15 is 0 Å². The lowest BCUT2D eigenvalue weighted by atomic mass is 10.3. The van der Waals surface area contributed by atoms with E-state index in [1.807, 2.05) is 0 Å². The van der Waals surface area contributed by atoms with Gasteiger partial charge in [0.1, 0.15) is 16.1 Å². The van der Waals surface area contributed by atoms with Crippen molar-refractivity contribution in [3.63, 3.8) is 0 Å². The molecule has 1 heterocycles. The molecule has 0 atom stereocenters. The lowest BCUT2D eigenvalue weighted by molar-refractivity contribution is 0.629. The molecular weight excluding hydrogens is 294 g/mol. The van der Waals surface area contributed by atoms with Crippen LogP contribution < -0.4 is 5.73 Å². The van der Waals surface area contributed by atoms with E-state index in [-0.39, 0.29) is 5.69 Å². The average Bonchev–Trinajstić information content (AvgIpc) is 2.32. The van der Waals surface area contributed by atoms with E-state index in [1.165, 1.54) is 17.8 Å². The second kappa shape index (κ2) is 5.78. The van der Waals surface area contributed by atoms with Gasteiger partial charge in [-0.2, -0.15) is 0 Å². The van der Waals surface area contributed by atoms with Crippen molar-refractivity contribution in [2.75, 3.05) is 5.73 Å². The minimum Gasteiger partial charge on any atom is -0.396 e. The Balaban J connectivity index is 2.09. The summed E-state index contributed by atoms with van der Waals surface area (Å²) >= 11 is 13.1. The molecule has 2 aromatic rings. The third-order valence-electron chi connectivity index (χ3n) is 2.26. The Kier molecular flexibility index (Phi) is 4.32. The van der Waals surface area contributed by atoms with Gasteiger partial charge in [-0.05, 0) is 29.8 Å². The molecule has 0 radical (unpaired) electrons. The van der Waals surface area contributed by atoms with Crippen molar-refractivity contribution >= 4 is 40.7 Å². The summed E-state index contributed by atoms with van der Waals surface area (Å²) in [5.74, 6) is 0.173. The minimum absolute atomic E-state index is 0.144. The highest BCUT2D eigenvalue weighted by Gasteiger charge is 2.05. The van der Waals surface area contributed by atoms with Crippen LogP contribution in [-0.4, -0.2) is 4.98 Å². The van der Waals surface area contributed by atoms with Gasteiger partial charge in [-0.3, -0.25) is 0 Å². The number of hydrogen-bond acceptors (Lipinski definition) is 3. The lowest BCUT2D eigenvalue weighted by Crippen LogP contribution is -1.90. The Hall–Kier alpha value is -0.970. The molecular formula is C12H9Cl2FN2S. The first-order valence-electron chi connectivity index (χ1n) is 5.05. The van der Waals surface area contributed by atoms with Crippen LogP contribution in [0.4, 0.5) is 10.1 Å². The van der Waals surface area contributed by atoms with Crippen molar-refractivity contribution in [2.45, 2.75) is 10.6 Å². The molecule has 0 saturated carbocycles. The Morgan fingerprint density at radius 3 is 2.67 bits per heavy atom. The maximum Gasteiger partial charge on any atom is 0.147 e. The number of nitrogens with two attached hydrogens (primary N) is 1. The summed E-state index contributed by atoms with van der Waals surface area (Å²) in [5, 5.41) is 0.721. The van der Waals surface area contributed by atoms with Gasteiger partial charge in [0.15, 0.2) is 0 Å². The van der Waals surface area contributed by atoms with Gasteiger partial charge >= 0.3 is 0 Å². The highest BCUT2D eigenvalue weighted by molar-refractivity contribution is 7.98. The zero-order valence-electron chi connectivity index (χ0n) is 9.16. The quantitative estimate of drug-likeness (QED) is 0.519. The molecule has 0 aliphatic carbocycles. The van der Waals surface area contributed by atoms with E-state index in [4.69, 9.17) is 28.9 Å². The standard InChI is InChI=1S/C12H9Cl2FN2S/c13-11-4-1-7(12(14)17-11)6-18-8-2-3-10(16)9(15)5-8/h1-5H,6,16H2. The molecule has 94 valence electrons. The Morgan fingerprint density at radius 2 is 2.00 bits per heavy atom. The summed E-state index contributed by atoms with van der Waals surface area (Å²) in [6, 6.07) is 8.18. The molecule has 2 N–H and O–H groups in total. The second-order valence-corrected chi connectivity index (χ2v) is 5.35. The van der Waals surface area contributed by atoms with Crippen LogP contribution in [0, 0.1) is 5.82 Å². The Labute approximate surface area is 118 Å². The van der Waals surface area contributed by atoms with Crippen LogP contribution in [0.1, 0.15) is 5.56 Å². The molecule has 6 heteroatoms. The van der Waals surface area contributed by atoms with Gasteiger partial charge in [0.2, 0.25) is 0 Å². The van der Waals surface area contributed by atoms with Gasteiger partial charge < -0.3 is 5.73 Å². The number of aromatic nitrogens is 1. The largest absolute Gasteiger partial charge is 0.396 e. The monoisotopic (exact) mass is 302 g/mol. The summed E-state index contributed by atoms with van der Waals surface area (Å²) in [5.41, 5.74) is 6.40. The van der Waals surface area contributed by atoms with E-state index in [0.717, 1.165) is 10.5 Å². The van der Waals surface area contributed by atoms with Crippen LogP contribution in [0.15, 0.2) is 35.2 Å². The Morgan fingerprint density at radius 1 is 1.22 bits per heavy atom. The highest BCUT2D eigenvalue weighted by atomic mass is 35.5. The summed E-state index contributed by atoms with van der Waals surface area (Å²) in [7, 11) is 0. The summed E-state index contributed by atoms with van der Waals surface area (Å²) < 4.78 is 13.2. The Bertz CT molecular complexity index is 578. The lowest BCUT2D eigenvalue weighted by Gasteiger charge is -2.05. The van der Waals surface area contributed by atoms with Crippen LogP contribution in [0.25, 0.3) is 0 Å². The zero-order valence-corrected chi connectivity index (χ0v) is 11.5. The third kappa shape index (κ3) is 3.28. The molecule has 0 spiro atoms. The van der Waals surface area contributed by atoms with E-state index in [0.29, 0.717) is 16.1 Å². The fraction of sp³-hybridized carbons (Fsp3) is 0.0833. The smallest absolute Gasteiger partial charge is 0.147 e.